The van der Waals surface area contributed by atoms with Gasteiger partial charge in [-0.1, -0.05) is 20.8 Å². The van der Waals surface area contributed by atoms with Gasteiger partial charge in [0, 0.05) is 5.41 Å². The van der Waals surface area contributed by atoms with Gasteiger partial charge in [-0.3, -0.25) is 0 Å². The van der Waals surface area contributed by atoms with Crippen molar-refractivity contribution in [3.05, 3.63) is 23.7 Å². The van der Waals surface area contributed by atoms with Crippen molar-refractivity contribution in [1.29, 1.82) is 0 Å². The number of nitrogens with zero attached hydrogens (tertiary/aromatic N) is 4. The molecule has 0 aliphatic carbocycles. The molecule has 16 heavy (non-hydrogen) atoms. The highest BCUT2D eigenvalue weighted by atomic mass is 15.4. The molecule has 2 heterocycles. The van der Waals surface area contributed by atoms with E-state index >= 15 is 0 Å². The maximum atomic E-state index is 4.58. The fourth-order valence-electron chi connectivity index (χ4n) is 1.50. The van der Waals surface area contributed by atoms with Crippen LogP contribution >= 0.6 is 0 Å². The molecule has 0 aliphatic heterocycles. The van der Waals surface area contributed by atoms with E-state index in [1.165, 1.54) is 0 Å². The predicted molar refractivity (Wildman–Crippen MR) is 62.2 cm³/mol. The van der Waals surface area contributed by atoms with Crippen molar-refractivity contribution in [1.82, 2.24) is 25.1 Å². The molecular formula is C11H17N5. The van der Waals surface area contributed by atoms with E-state index in [0.717, 1.165) is 17.2 Å². The van der Waals surface area contributed by atoms with Gasteiger partial charge in [0.25, 0.3) is 0 Å². The van der Waals surface area contributed by atoms with Gasteiger partial charge < -0.3 is 5.32 Å². The monoisotopic (exact) mass is 219 g/mol. The average molecular weight is 219 g/mol. The fraction of sp³-hybridized carbons (Fsp3) is 0.545. The van der Waals surface area contributed by atoms with Crippen molar-refractivity contribution in [3.8, 4) is 0 Å². The highest BCUT2D eigenvalue weighted by Crippen LogP contribution is 2.19. The summed E-state index contributed by atoms with van der Waals surface area (Å²) >= 11 is 0. The molecule has 0 spiro atoms. The fourth-order valence-corrected chi connectivity index (χ4v) is 1.50. The van der Waals surface area contributed by atoms with E-state index in [9.17, 15) is 0 Å². The van der Waals surface area contributed by atoms with Gasteiger partial charge >= 0.3 is 0 Å². The minimum Gasteiger partial charge on any atom is -0.313 e. The summed E-state index contributed by atoms with van der Waals surface area (Å²) in [6, 6.07) is 3.97. The first kappa shape index (κ1) is 11.0. The maximum Gasteiger partial charge on any atom is 0.177 e. The van der Waals surface area contributed by atoms with Crippen LogP contribution in [0.3, 0.4) is 0 Å². The standard InChI is InChI=1S/C11H17N5/c1-11(2,3)8-5-6-9-13-14-10(7-12-4)16(9)15-8/h5-6,12H,7H2,1-4H3. The van der Waals surface area contributed by atoms with Crippen LogP contribution in [0.2, 0.25) is 0 Å². The first-order valence-corrected chi connectivity index (χ1v) is 5.39. The first-order chi connectivity index (χ1) is 7.52. The van der Waals surface area contributed by atoms with Crippen molar-refractivity contribution in [3.63, 3.8) is 0 Å². The molecule has 0 aromatic carbocycles. The normalized spacial score (nSPS) is 12.2. The van der Waals surface area contributed by atoms with Crippen LogP contribution in [0.5, 0.6) is 0 Å². The molecule has 0 amide bonds. The Morgan fingerprint density at radius 3 is 2.62 bits per heavy atom. The third-order valence-corrected chi connectivity index (χ3v) is 2.43. The molecule has 5 nitrogen and oxygen atoms in total. The summed E-state index contributed by atoms with van der Waals surface area (Å²) in [5.74, 6) is 0.837. The Balaban J connectivity index is 2.54. The smallest absolute Gasteiger partial charge is 0.177 e. The van der Waals surface area contributed by atoms with E-state index < -0.39 is 0 Å². The van der Waals surface area contributed by atoms with Crippen molar-refractivity contribution in [2.75, 3.05) is 7.05 Å². The van der Waals surface area contributed by atoms with Crippen LogP contribution in [0.25, 0.3) is 5.65 Å². The van der Waals surface area contributed by atoms with Crippen LogP contribution in [0.4, 0.5) is 0 Å². The van der Waals surface area contributed by atoms with Crippen molar-refractivity contribution in [2.45, 2.75) is 32.7 Å². The lowest BCUT2D eigenvalue weighted by Gasteiger charge is -2.17. The second-order valence-electron chi connectivity index (χ2n) is 4.89. The lowest BCUT2D eigenvalue weighted by Crippen LogP contribution is -2.17. The van der Waals surface area contributed by atoms with Gasteiger partial charge in [0.05, 0.1) is 12.2 Å². The van der Waals surface area contributed by atoms with Gasteiger partial charge in [-0.25, -0.2) is 0 Å². The minimum atomic E-state index is 0.0371. The van der Waals surface area contributed by atoms with Crippen LogP contribution in [0.15, 0.2) is 12.1 Å². The zero-order valence-corrected chi connectivity index (χ0v) is 10.2. The van der Waals surface area contributed by atoms with E-state index in [4.69, 9.17) is 0 Å². The van der Waals surface area contributed by atoms with E-state index in [1.807, 2.05) is 19.2 Å². The topological polar surface area (TPSA) is 55.1 Å². The van der Waals surface area contributed by atoms with Gasteiger partial charge in [0.15, 0.2) is 11.5 Å². The van der Waals surface area contributed by atoms with Crippen LogP contribution in [-0.4, -0.2) is 26.9 Å². The number of rotatable bonds is 2. The average Bonchev–Trinajstić information content (AvgIpc) is 2.60. The number of hydrogen-bond donors (Lipinski definition) is 1. The van der Waals surface area contributed by atoms with Crippen LogP contribution in [-0.2, 0) is 12.0 Å². The third-order valence-electron chi connectivity index (χ3n) is 2.43. The molecule has 2 rings (SSSR count). The van der Waals surface area contributed by atoms with E-state index in [1.54, 1.807) is 4.52 Å². The SMILES string of the molecule is CNCc1nnc2ccc(C(C)(C)C)nn12. The molecule has 0 atom stereocenters. The Morgan fingerprint density at radius 1 is 1.25 bits per heavy atom. The van der Waals surface area contributed by atoms with Gasteiger partial charge in [0.1, 0.15) is 0 Å². The van der Waals surface area contributed by atoms with Crippen LogP contribution in [0, 0.1) is 0 Å². The number of aromatic nitrogens is 4. The molecule has 2 aromatic rings. The van der Waals surface area contributed by atoms with Crippen molar-refractivity contribution < 1.29 is 0 Å². The number of fused-ring (bicyclic) bond motifs is 1. The number of hydrogen-bond acceptors (Lipinski definition) is 4. The summed E-state index contributed by atoms with van der Waals surface area (Å²) in [6.45, 7) is 7.09. The summed E-state index contributed by atoms with van der Waals surface area (Å²) in [7, 11) is 1.88. The van der Waals surface area contributed by atoms with Crippen molar-refractivity contribution >= 4 is 5.65 Å². The van der Waals surface area contributed by atoms with Crippen LogP contribution < -0.4 is 5.32 Å². The van der Waals surface area contributed by atoms with Crippen LogP contribution in [0.1, 0.15) is 32.3 Å². The quantitative estimate of drug-likeness (QED) is 0.823. The van der Waals surface area contributed by atoms with Gasteiger partial charge in [-0.15, -0.1) is 10.2 Å². The Bertz CT molecular complexity index is 495. The predicted octanol–water partition coefficient (Wildman–Crippen LogP) is 1.14. The zero-order chi connectivity index (χ0) is 11.8. The Kier molecular flexibility index (Phi) is 2.63. The highest BCUT2D eigenvalue weighted by Gasteiger charge is 2.17. The van der Waals surface area contributed by atoms with Gasteiger partial charge in [0.2, 0.25) is 0 Å². The first-order valence-electron chi connectivity index (χ1n) is 5.39. The highest BCUT2D eigenvalue weighted by molar-refractivity contribution is 5.37. The Morgan fingerprint density at radius 2 is 2.00 bits per heavy atom. The number of nitrogens with one attached hydrogen (secondary N) is 1. The summed E-state index contributed by atoms with van der Waals surface area (Å²) < 4.78 is 1.80. The molecule has 0 saturated carbocycles. The molecule has 0 aliphatic rings. The van der Waals surface area contributed by atoms with E-state index in [2.05, 4.69) is 41.4 Å². The lowest BCUT2D eigenvalue weighted by atomic mass is 9.92. The molecule has 86 valence electrons. The molecule has 0 saturated heterocycles. The maximum absolute atomic E-state index is 4.58. The lowest BCUT2D eigenvalue weighted by molar-refractivity contribution is 0.549. The molecule has 0 unspecified atom stereocenters. The molecule has 2 aromatic heterocycles. The van der Waals surface area contributed by atoms with E-state index in [0.29, 0.717) is 6.54 Å². The molecule has 0 fully saturated rings. The molecule has 1 N–H and O–H groups in total. The molecule has 0 bridgehead atoms. The summed E-state index contributed by atoms with van der Waals surface area (Å²) in [5, 5.41) is 15.8. The van der Waals surface area contributed by atoms with Gasteiger partial charge in [-0.05, 0) is 19.2 Å². The zero-order valence-electron chi connectivity index (χ0n) is 10.2. The molecular weight excluding hydrogens is 202 g/mol. The minimum absolute atomic E-state index is 0.0371. The molecule has 0 radical (unpaired) electrons. The third kappa shape index (κ3) is 1.90. The second-order valence-corrected chi connectivity index (χ2v) is 4.89. The van der Waals surface area contributed by atoms with E-state index in [-0.39, 0.29) is 5.41 Å². The second kappa shape index (κ2) is 3.83. The largest absolute Gasteiger partial charge is 0.313 e. The van der Waals surface area contributed by atoms with Gasteiger partial charge in [-0.2, -0.15) is 9.61 Å². The Hall–Kier alpha value is -1.49. The Labute approximate surface area is 94.9 Å². The summed E-state index contributed by atoms with van der Waals surface area (Å²) in [6.07, 6.45) is 0. The summed E-state index contributed by atoms with van der Waals surface area (Å²) in [5.41, 5.74) is 1.87. The summed E-state index contributed by atoms with van der Waals surface area (Å²) in [4.78, 5) is 0. The molecule has 5 heteroatoms. The van der Waals surface area contributed by atoms with Crippen molar-refractivity contribution in [2.24, 2.45) is 0 Å².